The van der Waals surface area contributed by atoms with Gasteiger partial charge in [-0.15, -0.1) is 0 Å². The van der Waals surface area contributed by atoms with E-state index in [4.69, 9.17) is 4.74 Å². The molecular weight excluding hydrogens is 304 g/mol. The minimum atomic E-state index is 0.0559. The monoisotopic (exact) mass is 328 g/mol. The molecule has 0 aliphatic heterocycles. The van der Waals surface area contributed by atoms with Crippen LogP contribution in [-0.4, -0.2) is 32.8 Å². The van der Waals surface area contributed by atoms with Crippen LogP contribution in [0.3, 0.4) is 0 Å². The average molecular weight is 328 g/mol. The second kappa shape index (κ2) is 8.47. The lowest BCUT2D eigenvalue weighted by molar-refractivity contribution is -0.123. The van der Waals surface area contributed by atoms with Gasteiger partial charge in [0.25, 0.3) is 0 Å². The van der Waals surface area contributed by atoms with Crippen molar-refractivity contribution in [3.63, 3.8) is 0 Å². The summed E-state index contributed by atoms with van der Waals surface area (Å²) in [6.45, 7) is 0.710. The first-order valence-corrected chi connectivity index (χ1v) is 8.65. The van der Waals surface area contributed by atoms with Crippen LogP contribution >= 0.6 is 0 Å². The predicted molar refractivity (Wildman–Crippen MR) is 90.5 cm³/mol. The van der Waals surface area contributed by atoms with Crippen LogP contribution in [0.5, 0.6) is 5.75 Å². The van der Waals surface area contributed by atoms with Gasteiger partial charge in [0.2, 0.25) is 5.91 Å². The highest BCUT2D eigenvalue weighted by Gasteiger charge is 2.28. The van der Waals surface area contributed by atoms with E-state index in [0.29, 0.717) is 13.0 Å². The summed E-state index contributed by atoms with van der Waals surface area (Å²) in [6, 6.07) is 9.93. The standard InChI is InChI=1S/C18H24N4O2/c23-18(11-6-12-22-14-19-13-20-22)21-16-9-4-5-10-17(16)24-15-7-2-1-3-8-15/h1-3,7-8,13-14,16-17H,4-6,9-12H2,(H,21,23)/t16-,17+/m0/s1. The molecule has 6 heteroatoms. The Morgan fingerprint density at radius 3 is 2.88 bits per heavy atom. The maximum absolute atomic E-state index is 12.2. The molecule has 24 heavy (non-hydrogen) atoms. The molecule has 0 saturated heterocycles. The largest absolute Gasteiger partial charge is 0.488 e. The van der Waals surface area contributed by atoms with Crippen LogP contribution in [-0.2, 0) is 11.3 Å². The van der Waals surface area contributed by atoms with E-state index in [1.165, 1.54) is 6.33 Å². The van der Waals surface area contributed by atoms with Gasteiger partial charge in [-0.25, -0.2) is 4.98 Å². The van der Waals surface area contributed by atoms with Crippen LogP contribution in [0.25, 0.3) is 0 Å². The molecule has 1 aliphatic rings. The first-order chi connectivity index (χ1) is 11.8. The van der Waals surface area contributed by atoms with E-state index in [1.54, 1.807) is 11.0 Å². The van der Waals surface area contributed by atoms with Gasteiger partial charge < -0.3 is 10.1 Å². The molecule has 1 N–H and O–H groups in total. The number of hydrogen-bond acceptors (Lipinski definition) is 4. The van der Waals surface area contributed by atoms with Gasteiger partial charge in [-0.05, 0) is 37.8 Å². The molecule has 0 spiro atoms. The number of hydrogen-bond donors (Lipinski definition) is 1. The molecule has 0 bridgehead atoms. The van der Waals surface area contributed by atoms with Crippen LogP contribution in [0.1, 0.15) is 38.5 Å². The van der Waals surface area contributed by atoms with Crippen molar-refractivity contribution in [2.75, 3.05) is 0 Å². The lowest BCUT2D eigenvalue weighted by Gasteiger charge is -2.32. The molecule has 3 rings (SSSR count). The second-order valence-electron chi connectivity index (χ2n) is 6.19. The summed E-state index contributed by atoms with van der Waals surface area (Å²) >= 11 is 0. The summed E-state index contributed by atoms with van der Waals surface area (Å²) in [5, 5.41) is 7.20. The van der Waals surface area contributed by atoms with Gasteiger partial charge in [-0.3, -0.25) is 9.48 Å². The molecule has 1 aliphatic carbocycles. The zero-order chi connectivity index (χ0) is 16.6. The fourth-order valence-electron chi connectivity index (χ4n) is 3.11. The van der Waals surface area contributed by atoms with Gasteiger partial charge in [-0.2, -0.15) is 5.10 Å². The minimum absolute atomic E-state index is 0.0559. The first-order valence-electron chi connectivity index (χ1n) is 8.65. The van der Waals surface area contributed by atoms with Crippen molar-refractivity contribution in [3.8, 4) is 5.75 Å². The van der Waals surface area contributed by atoms with E-state index < -0.39 is 0 Å². The number of nitrogens with one attached hydrogen (secondary N) is 1. The van der Waals surface area contributed by atoms with Crippen molar-refractivity contribution in [1.82, 2.24) is 20.1 Å². The lowest BCUT2D eigenvalue weighted by atomic mass is 9.92. The van der Waals surface area contributed by atoms with Gasteiger partial charge in [-0.1, -0.05) is 24.6 Å². The number of aromatic nitrogens is 3. The van der Waals surface area contributed by atoms with Gasteiger partial charge in [0.05, 0.1) is 6.04 Å². The van der Waals surface area contributed by atoms with Crippen molar-refractivity contribution in [2.24, 2.45) is 0 Å². The first kappa shape index (κ1) is 16.5. The van der Waals surface area contributed by atoms with Crippen LogP contribution < -0.4 is 10.1 Å². The smallest absolute Gasteiger partial charge is 0.220 e. The SMILES string of the molecule is O=C(CCCn1cncn1)N[C@H]1CCCC[C@H]1Oc1ccccc1. The maximum Gasteiger partial charge on any atom is 0.220 e. The summed E-state index contributed by atoms with van der Waals surface area (Å²) in [5.74, 6) is 0.957. The molecule has 6 nitrogen and oxygen atoms in total. The van der Waals surface area contributed by atoms with E-state index in [2.05, 4.69) is 15.4 Å². The van der Waals surface area contributed by atoms with E-state index in [-0.39, 0.29) is 18.1 Å². The van der Waals surface area contributed by atoms with Gasteiger partial charge in [0, 0.05) is 13.0 Å². The van der Waals surface area contributed by atoms with E-state index >= 15 is 0 Å². The number of nitrogens with zero attached hydrogens (tertiary/aromatic N) is 3. The molecule has 2 aromatic rings. The topological polar surface area (TPSA) is 69.0 Å². The Labute approximate surface area is 142 Å². The number of ether oxygens (including phenoxy) is 1. The Morgan fingerprint density at radius 2 is 2.08 bits per heavy atom. The Kier molecular flexibility index (Phi) is 5.82. The van der Waals surface area contributed by atoms with Crippen molar-refractivity contribution in [1.29, 1.82) is 0 Å². The van der Waals surface area contributed by atoms with Crippen molar-refractivity contribution in [3.05, 3.63) is 43.0 Å². The molecule has 1 amide bonds. The third-order valence-corrected chi connectivity index (χ3v) is 4.34. The Hall–Kier alpha value is -2.37. The molecule has 1 fully saturated rings. The summed E-state index contributed by atoms with van der Waals surface area (Å²) < 4.78 is 7.84. The Morgan fingerprint density at radius 1 is 1.25 bits per heavy atom. The molecule has 1 saturated carbocycles. The van der Waals surface area contributed by atoms with E-state index in [1.807, 2.05) is 30.3 Å². The molecular formula is C18H24N4O2. The Balaban J connectivity index is 1.47. The predicted octanol–water partition coefficient (Wildman–Crippen LogP) is 2.56. The normalized spacial score (nSPS) is 20.5. The maximum atomic E-state index is 12.2. The third kappa shape index (κ3) is 4.81. The second-order valence-corrected chi connectivity index (χ2v) is 6.19. The Bertz CT molecular complexity index is 615. The molecule has 1 aromatic carbocycles. The van der Waals surface area contributed by atoms with Gasteiger partial charge in [0.1, 0.15) is 24.5 Å². The number of para-hydroxylation sites is 1. The molecule has 2 atom stereocenters. The van der Waals surface area contributed by atoms with Crippen LogP contribution in [0, 0.1) is 0 Å². The molecule has 128 valence electrons. The zero-order valence-corrected chi connectivity index (χ0v) is 13.8. The third-order valence-electron chi connectivity index (χ3n) is 4.34. The van der Waals surface area contributed by atoms with Crippen molar-refractivity contribution in [2.45, 2.75) is 57.2 Å². The van der Waals surface area contributed by atoms with Crippen molar-refractivity contribution >= 4 is 5.91 Å². The number of benzene rings is 1. The van der Waals surface area contributed by atoms with E-state index in [9.17, 15) is 4.79 Å². The molecule has 1 aromatic heterocycles. The minimum Gasteiger partial charge on any atom is -0.488 e. The van der Waals surface area contributed by atoms with E-state index in [0.717, 1.165) is 37.9 Å². The molecule has 0 radical (unpaired) electrons. The quantitative estimate of drug-likeness (QED) is 0.848. The molecule has 1 heterocycles. The number of carbonyl (C=O) groups excluding carboxylic acids is 1. The number of rotatable bonds is 7. The van der Waals surface area contributed by atoms with Crippen molar-refractivity contribution < 1.29 is 9.53 Å². The summed E-state index contributed by atoms with van der Waals surface area (Å²) in [5.41, 5.74) is 0. The van der Waals surface area contributed by atoms with Gasteiger partial charge >= 0.3 is 0 Å². The summed E-state index contributed by atoms with van der Waals surface area (Å²) in [4.78, 5) is 16.1. The highest BCUT2D eigenvalue weighted by molar-refractivity contribution is 5.76. The number of aryl methyl sites for hydroxylation is 1. The highest BCUT2D eigenvalue weighted by atomic mass is 16.5. The summed E-state index contributed by atoms with van der Waals surface area (Å²) in [6.07, 6.45) is 8.73. The van der Waals surface area contributed by atoms with Crippen LogP contribution in [0.15, 0.2) is 43.0 Å². The number of carbonyl (C=O) groups is 1. The fourth-order valence-corrected chi connectivity index (χ4v) is 3.11. The fraction of sp³-hybridized carbons (Fsp3) is 0.500. The zero-order valence-electron chi connectivity index (χ0n) is 13.8. The number of amides is 1. The lowest BCUT2D eigenvalue weighted by Crippen LogP contribution is -2.47. The average Bonchev–Trinajstić information content (AvgIpc) is 3.11. The highest BCUT2D eigenvalue weighted by Crippen LogP contribution is 2.24. The van der Waals surface area contributed by atoms with Gasteiger partial charge in [0.15, 0.2) is 0 Å². The molecule has 0 unspecified atom stereocenters. The van der Waals surface area contributed by atoms with Crippen LogP contribution in [0.2, 0.25) is 0 Å². The summed E-state index contributed by atoms with van der Waals surface area (Å²) in [7, 11) is 0. The van der Waals surface area contributed by atoms with Crippen LogP contribution in [0.4, 0.5) is 0 Å².